The van der Waals surface area contributed by atoms with Crippen LogP contribution >= 0.6 is 27.7 Å². The van der Waals surface area contributed by atoms with Gasteiger partial charge in [-0.25, -0.2) is 14.4 Å². The summed E-state index contributed by atoms with van der Waals surface area (Å²) in [5, 5.41) is 0.705. The molecule has 0 spiro atoms. The fourth-order valence-electron chi connectivity index (χ4n) is 1.30. The lowest BCUT2D eigenvalue weighted by Crippen LogP contribution is -1.89. The second-order valence-corrected chi connectivity index (χ2v) is 5.47. The quantitative estimate of drug-likeness (QED) is 0.633. The molecule has 1 aromatic heterocycles. The molecule has 0 N–H and O–H groups in total. The molecule has 1 heterocycles. The smallest absolute Gasteiger partial charge is 0.187 e. The van der Waals surface area contributed by atoms with Crippen molar-refractivity contribution in [1.82, 2.24) is 9.97 Å². The molecule has 0 aliphatic carbocycles. The van der Waals surface area contributed by atoms with Gasteiger partial charge in [-0.2, -0.15) is 0 Å². The van der Waals surface area contributed by atoms with Crippen LogP contribution in [0.25, 0.3) is 0 Å². The van der Waals surface area contributed by atoms with Gasteiger partial charge in [0.05, 0.1) is 0 Å². The van der Waals surface area contributed by atoms with E-state index in [1.54, 1.807) is 12.4 Å². The van der Waals surface area contributed by atoms with Crippen molar-refractivity contribution in [3.63, 3.8) is 0 Å². The average Bonchev–Trinajstić information content (AvgIpc) is 2.27. The average molecular weight is 313 g/mol. The topological polar surface area (TPSA) is 25.8 Å². The summed E-state index contributed by atoms with van der Waals surface area (Å²) in [6, 6.07) is 4.85. The third-order valence-electron chi connectivity index (χ3n) is 2.05. The zero-order valence-corrected chi connectivity index (χ0v) is 11.6. The van der Waals surface area contributed by atoms with Crippen LogP contribution < -0.4 is 0 Å². The first-order valence-corrected chi connectivity index (χ1v) is 6.78. The minimum Gasteiger partial charge on any atom is -0.231 e. The number of nitrogens with zero attached hydrogens (tertiary/aromatic N) is 2. The second-order valence-electron chi connectivity index (χ2n) is 3.61. The summed E-state index contributed by atoms with van der Waals surface area (Å²) < 4.78 is 13.9. The van der Waals surface area contributed by atoms with Crippen LogP contribution in [0.4, 0.5) is 4.39 Å². The van der Waals surface area contributed by atoms with Gasteiger partial charge in [-0.15, -0.1) is 0 Å². The molecule has 2 nitrogen and oxygen atoms in total. The summed E-state index contributed by atoms with van der Waals surface area (Å²) >= 11 is 4.76. The second kappa shape index (κ2) is 5.60. The Labute approximate surface area is 112 Å². The van der Waals surface area contributed by atoms with E-state index in [2.05, 4.69) is 25.9 Å². The Morgan fingerprint density at radius 1 is 1.24 bits per heavy atom. The first-order chi connectivity index (χ1) is 8.13. The van der Waals surface area contributed by atoms with Crippen molar-refractivity contribution in [2.24, 2.45) is 0 Å². The van der Waals surface area contributed by atoms with Gasteiger partial charge in [0.15, 0.2) is 5.16 Å². The number of aryl methyl sites for hydroxylation is 1. The van der Waals surface area contributed by atoms with Crippen LogP contribution in [0.2, 0.25) is 0 Å². The van der Waals surface area contributed by atoms with Crippen molar-refractivity contribution in [2.45, 2.75) is 17.8 Å². The minimum absolute atomic E-state index is 0.236. The third-order valence-corrected chi connectivity index (χ3v) is 3.45. The van der Waals surface area contributed by atoms with E-state index in [9.17, 15) is 4.39 Å². The minimum atomic E-state index is -0.236. The molecule has 88 valence electrons. The van der Waals surface area contributed by atoms with Crippen LogP contribution in [0.1, 0.15) is 11.1 Å². The predicted molar refractivity (Wildman–Crippen MR) is 70.4 cm³/mol. The van der Waals surface area contributed by atoms with Gasteiger partial charge in [-0.05, 0) is 36.2 Å². The van der Waals surface area contributed by atoms with Crippen molar-refractivity contribution >= 4 is 27.7 Å². The van der Waals surface area contributed by atoms with Gasteiger partial charge in [-0.1, -0.05) is 27.7 Å². The fraction of sp³-hybridized carbons (Fsp3) is 0.167. The predicted octanol–water partition coefficient (Wildman–Crippen LogP) is 3.98. The molecule has 0 aliphatic rings. The number of hydrogen-bond acceptors (Lipinski definition) is 3. The zero-order chi connectivity index (χ0) is 12.3. The first kappa shape index (κ1) is 12.5. The monoisotopic (exact) mass is 312 g/mol. The van der Waals surface area contributed by atoms with Crippen LogP contribution in [0.15, 0.2) is 40.2 Å². The molecule has 0 bridgehead atoms. The molecule has 0 amide bonds. The number of halogens is 2. The Bertz CT molecular complexity index is 496. The van der Waals surface area contributed by atoms with Gasteiger partial charge in [-0.3, -0.25) is 0 Å². The maximum Gasteiger partial charge on any atom is 0.187 e. The summed E-state index contributed by atoms with van der Waals surface area (Å²) in [6.07, 6.45) is 3.55. The van der Waals surface area contributed by atoms with Gasteiger partial charge in [0, 0.05) is 22.6 Å². The molecule has 0 unspecified atom stereocenters. The standard InChI is InChI=1S/C12H10BrFN2S/c1-8-5-15-12(16-6-8)17-7-9-2-10(13)4-11(14)3-9/h2-6H,7H2,1H3. The molecule has 2 aromatic rings. The van der Waals surface area contributed by atoms with Crippen molar-refractivity contribution in [1.29, 1.82) is 0 Å². The number of rotatable bonds is 3. The number of hydrogen-bond donors (Lipinski definition) is 0. The molecular weight excluding hydrogens is 303 g/mol. The van der Waals surface area contributed by atoms with Gasteiger partial charge >= 0.3 is 0 Å². The lowest BCUT2D eigenvalue weighted by atomic mass is 10.2. The number of benzene rings is 1. The summed E-state index contributed by atoms with van der Waals surface area (Å²) in [7, 11) is 0. The van der Waals surface area contributed by atoms with Crippen LogP contribution in [-0.2, 0) is 5.75 Å². The molecule has 1 aromatic carbocycles. The van der Waals surface area contributed by atoms with Gasteiger partial charge in [0.1, 0.15) is 5.82 Å². The van der Waals surface area contributed by atoms with E-state index in [0.29, 0.717) is 10.9 Å². The van der Waals surface area contributed by atoms with E-state index in [4.69, 9.17) is 0 Å². The number of aromatic nitrogens is 2. The SMILES string of the molecule is Cc1cnc(SCc2cc(F)cc(Br)c2)nc1. The molecule has 2 rings (SSSR count). The Morgan fingerprint density at radius 2 is 1.94 bits per heavy atom. The Kier molecular flexibility index (Phi) is 4.12. The Hall–Kier alpha value is -0.940. The van der Waals surface area contributed by atoms with Crippen LogP contribution in [0, 0.1) is 12.7 Å². The molecule has 0 fully saturated rings. The molecular formula is C12H10BrFN2S. The Morgan fingerprint density at radius 3 is 2.59 bits per heavy atom. The normalized spacial score (nSPS) is 10.5. The fourth-order valence-corrected chi connectivity index (χ4v) is 2.53. The summed E-state index contributed by atoms with van der Waals surface area (Å²) in [5.41, 5.74) is 1.94. The molecule has 0 aliphatic heterocycles. The van der Waals surface area contributed by atoms with Crippen molar-refractivity contribution in [2.75, 3.05) is 0 Å². The highest BCUT2D eigenvalue weighted by Gasteiger charge is 2.02. The van der Waals surface area contributed by atoms with E-state index in [-0.39, 0.29) is 5.82 Å². The highest BCUT2D eigenvalue weighted by atomic mass is 79.9. The molecule has 0 saturated heterocycles. The van der Waals surface area contributed by atoms with E-state index in [0.717, 1.165) is 15.6 Å². The van der Waals surface area contributed by atoms with Crippen LogP contribution in [0.5, 0.6) is 0 Å². The third kappa shape index (κ3) is 3.78. The lowest BCUT2D eigenvalue weighted by molar-refractivity contribution is 0.625. The van der Waals surface area contributed by atoms with E-state index in [1.807, 2.05) is 13.0 Å². The molecule has 0 radical (unpaired) electrons. The molecule has 5 heteroatoms. The van der Waals surface area contributed by atoms with Crippen molar-refractivity contribution in [3.05, 3.63) is 52.0 Å². The molecule has 0 atom stereocenters. The van der Waals surface area contributed by atoms with Crippen LogP contribution in [-0.4, -0.2) is 9.97 Å². The zero-order valence-electron chi connectivity index (χ0n) is 9.15. The number of thioether (sulfide) groups is 1. The van der Waals surface area contributed by atoms with Gasteiger partial charge in [0.2, 0.25) is 0 Å². The maximum atomic E-state index is 13.1. The maximum absolute atomic E-state index is 13.1. The van der Waals surface area contributed by atoms with E-state index < -0.39 is 0 Å². The summed E-state index contributed by atoms with van der Waals surface area (Å²) in [6.45, 7) is 1.94. The summed E-state index contributed by atoms with van der Waals surface area (Å²) in [4.78, 5) is 8.37. The van der Waals surface area contributed by atoms with Crippen molar-refractivity contribution in [3.8, 4) is 0 Å². The molecule has 17 heavy (non-hydrogen) atoms. The largest absolute Gasteiger partial charge is 0.231 e. The van der Waals surface area contributed by atoms with Crippen LogP contribution in [0.3, 0.4) is 0 Å². The summed E-state index contributed by atoms with van der Waals surface area (Å²) in [5.74, 6) is 0.416. The Balaban J connectivity index is 2.04. The van der Waals surface area contributed by atoms with Gasteiger partial charge in [0.25, 0.3) is 0 Å². The first-order valence-electron chi connectivity index (χ1n) is 5.00. The highest BCUT2D eigenvalue weighted by Crippen LogP contribution is 2.22. The van der Waals surface area contributed by atoms with Gasteiger partial charge < -0.3 is 0 Å². The van der Waals surface area contributed by atoms with E-state index >= 15 is 0 Å². The van der Waals surface area contributed by atoms with Crippen molar-refractivity contribution < 1.29 is 4.39 Å². The highest BCUT2D eigenvalue weighted by molar-refractivity contribution is 9.10. The lowest BCUT2D eigenvalue weighted by Gasteiger charge is -2.02. The molecule has 0 saturated carbocycles. The van der Waals surface area contributed by atoms with E-state index in [1.165, 1.54) is 23.9 Å².